The molecule has 0 unspecified atom stereocenters. The molecule has 102 valence electrons. The average molecular weight is 273 g/mol. The summed E-state index contributed by atoms with van der Waals surface area (Å²) in [4.78, 5) is 25.4. The minimum atomic E-state index is 0.0858. The first-order valence-electron chi connectivity index (χ1n) is 6.85. The predicted molar refractivity (Wildman–Crippen MR) is 70.4 cm³/mol. The minimum Gasteiger partial charge on any atom is -0.353 e. The lowest BCUT2D eigenvalue weighted by atomic mass is 10.0. The molecule has 0 aromatic rings. The van der Waals surface area contributed by atoms with E-state index in [9.17, 15) is 9.59 Å². The van der Waals surface area contributed by atoms with E-state index in [0.717, 1.165) is 45.2 Å². The molecule has 4 nitrogen and oxygen atoms in total. The van der Waals surface area contributed by atoms with Gasteiger partial charge in [0.1, 0.15) is 0 Å². The van der Waals surface area contributed by atoms with Gasteiger partial charge in [0.2, 0.25) is 11.8 Å². The standard InChI is InChI=1S/C13H21ClN2O2/c14-7-1-2-12(17)15-11-5-8-16(9-6-11)13(18)10-3-4-10/h10-11H,1-9H2,(H,15,17). The van der Waals surface area contributed by atoms with Gasteiger partial charge < -0.3 is 10.2 Å². The number of amides is 2. The van der Waals surface area contributed by atoms with Crippen LogP contribution in [0.2, 0.25) is 0 Å². The summed E-state index contributed by atoms with van der Waals surface area (Å²) in [6.45, 7) is 1.57. The summed E-state index contributed by atoms with van der Waals surface area (Å²) in [6, 6.07) is 0.232. The van der Waals surface area contributed by atoms with Gasteiger partial charge in [-0.1, -0.05) is 0 Å². The van der Waals surface area contributed by atoms with E-state index in [-0.39, 0.29) is 11.9 Å². The second-order valence-corrected chi connectivity index (χ2v) is 5.61. The summed E-state index contributed by atoms with van der Waals surface area (Å²) in [5.41, 5.74) is 0. The topological polar surface area (TPSA) is 49.4 Å². The molecule has 1 aliphatic carbocycles. The first kappa shape index (κ1) is 13.7. The van der Waals surface area contributed by atoms with Crippen LogP contribution in [-0.4, -0.2) is 41.7 Å². The number of likely N-dealkylation sites (tertiary alicyclic amines) is 1. The molecule has 2 fully saturated rings. The maximum Gasteiger partial charge on any atom is 0.225 e. The minimum absolute atomic E-state index is 0.0858. The third kappa shape index (κ3) is 3.87. The zero-order valence-electron chi connectivity index (χ0n) is 10.7. The van der Waals surface area contributed by atoms with Crippen molar-refractivity contribution >= 4 is 23.4 Å². The Morgan fingerprint density at radius 3 is 2.39 bits per heavy atom. The Labute approximate surface area is 113 Å². The van der Waals surface area contributed by atoms with E-state index in [2.05, 4.69) is 5.32 Å². The fraction of sp³-hybridized carbons (Fsp3) is 0.846. The van der Waals surface area contributed by atoms with Crippen LogP contribution in [0.15, 0.2) is 0 Å². The molecule has 1 aliphatic heterocycles. The molecule has 2 rings (SSSR count). The average Bonchev–Trinajstić information content (AvgIpc) is 3.21. The molecule has 2 amide bonds. The second kappa shape index (κ2) is 6.41. The van der Waals surface area contributed by atoms with Gasteiger partial charge in [-0.05, 0) is 32.1 Å². The van der Waals surface area contributed by atoms with E-state index in [4.69, 9.17) is 11.6 Å². The molecule has 2 aliphatic rings. The van der Waals surface area contributed by atoms with Crippen molar-refractivity contribution in [3.63, 3.8) is 0 Å². The highest BCUT2D eigenvalue weighted by molar-refractivity contribution is 6.17. The lowest BCUT2D eigenvalue weighted by Gasteiger charge is -2.32. The maximum atomic E-state index is 11.9. The van der Waals surface area contributed by atoms with Crippen molar-refractivity contribution < 1.29 is 9.59 Å². The van der Waals surface area contributed by atoms with Crippen molar-refractivity contribution in [3.05, 3.63) is 0 Å². The van der Waals surface area contributed by atoms with Crippen LogP contribution in [0.1, 0.15) is 38.5 Å². The molecule has 0 radical (unpaired) electrons. The number of nitrogens with zero attached hydrogens (tertiary/aromatic N) is 1. The molecule has 18 heavy (non-hydrogen) atoms. The van der Waals surface area contributed by atoms with Crippen molar-refractivity contribution in [2.75, 3.05) is 19.0 Å². The fourth-order valence-corrected chi connectivity index (χ4v) is 2.49. The molecule has 1 saturated heterocycles. The molecule has 0 atom stereocenters. The Morgan fingerprint density at radius 2 is 1.83 bits per heavy atom. The summed E-state index contributed by atoms with van der Waals surface area (Å²) < 4.78 is 0. The van der Waals surface area contributed by atoms with Gasteiger partial charge in [0.25, 0.3) is 0 Å². The smallest absolute Gasteiger partial charge is 0.225 e. The SMILES string of the molecule is O=C(CCCCl)NC1CCN(C(=O)C2CC2)CC1. The number of hydrogen-bond acceptors (Lipinski definition) is 2. The van der Waals surface area contributed by atoms with Crippen LogP contribution >= 0.6 is 11.6 Å². The number of halogens is 1. The normalized spacial score (nSPS) is 20.8. The van der Waals surface area contributed by atoms with Crippen molar-refractivity contribution in [3.8, 4) is 0 Å². The van der Waals surface area contributed by atoms with E-state index in [0.29, 0.717) is 24.1 Å². The van der Waals surface area contributed by atoms with E-state index < -0.39 is 0 Å². The van der Waals surface area contributed by atoms with Crippen LogP contribution in [0, 0.1) is 5.92 Å². The van der Waals surface area contributed by atoms with Gasteiger partial charge in [-0.2, -0.15) is 0 Å². The summed E-state index contributed by atoms with van der Waals surface area (Å²) in [6.07, 6.45) is 5.12. The number of rotatable bonds is 5. The van der Waals surface area contributed by atoms with Gasteiger partial charge in [0.05, 0.1) is 0 Å². The molecule has 1 N–H and O–H groups in total. The lowest BCUT2D eigenvalue weighted by molar-refractivity contribution is -0.133. The Morgan fingerprint density at radius 1 is 1.17 bits per heavy atom. The Hall–Kier alpha value is -0.770. The van der Waals surface area contributed by atoms with Gasteiger partial charge in [0.15, 0.2) is 0 Å². The molecule has 0 aromatic heterocycles. The molecule has 0 bridgehead atoms. The van der Waals surface area contributed by atoms with Crippen molar-refractivity contribution in [1.82, 2.24) is 10.2 Å². The highest BCUT2D eigenvalue weighted by Crippen LogP contribution is 2.31. The summed E-state index contributed by atoms with van der Waals surface area (Å²) >= 11 is 5.55. The summed E-state index contributed by atoms with van der Waals surface area (Å²) in [5, 5.41) is 3.02. The van der Waals surface area contributed by atoms with Crippen LogP contribution in [0.4, 0.5) is 0 Å². The Kier molecular flexibility index (Phi) is 4.87. The Balaban J connectivity index is 1.66. The van der Waals surface area contributed by atoms with E-state index in [1.807, 2.05) is 4.90 Å². The fourth-order valence-electron chi connectivity index (χ4n) is 2.36. The molecular formula is C13H21ClN2O2. The molecular weight excluding hydrogens is 252 g/mol. The zero-order valence-corrected chi connectivity index (χ0v) is 11.4. The number of hydrogen-bond donors (Lipinski definition) is 1. The molecule has 0 aromatic carbocycles. The van der Waals surface area contributed by atoms with Crippen LogP contribution in [0.25, 0.3) is 0 Å². The number of piperidine rings is 1. The van der Waals surface area contributed by atoms with Crippen LogP contribution in [0.3, 0.4) is 0 Å². The molecule has 1 heterocycles. The van der Waals surface area contributed by atoms with E-state index >= 15 is 0 Å². The molecule has 5 heteroatoms. The third-order valence-corrected chi connectivity index (χ3v) is 3.90. The van der Waals surface area contributed by atoms with E-state index in [1.54, 1.807) is 0 Å². The van der Waals surface area contributed by atoms with Gasteiger partial charge >= 0.3 is 0 Å². The van der Waals surface area contributed by atoms with E-state index in [1.165, 1.54) is 0 Å². The van der Waals surface area contributed by atoms with Gasteiger partial charge in [0, 0.05) is 37.4 Å². The Bertz CT molecular complexity index is 310. The first-order valence-corrected chi connectivity index (χ1v) is 7.38. The lowest BCUT2D eigenvalue weighted by Crippen LogP contribution is -2.46. The summed E-state index contributed by atoms with van der Waals surface area (Å²) in [7, 11) is 0. The van der Waals surface area contributed by atoms with Crippen LogP contribution in [-0.2, 0) is 9.59 Å². The molecule has 0 spiro atoms. The van der Waals surface area contributed by atoms with Crippen molar-refractivity contribution in [2.24, 2.45) is 5.92 Å². The highest BCUT2D eigenvalue weighted by Gasteiger charge is 2.34. The maximum absolute atomic E-state index is 11.9. The van der Waals surface area contributed by atoms with Gasteiger partial charge in [-0.25, -0.2) is 0 Å². The monoisotopic (exact) mass is 272 g/mol. The zero-order chi connectivity index (χ0) is 13.0. The number of carbonyl (C=O) groups excluding carboxylic acids is 2. The number of nitrogens with one attached hydrogen (secondary N) is 1. The van der Waals surface area contributed by atoms with Crippen molar-refractivity contribution in [1.29, 1.82) is 0 Å². The first-order chi connectivity index (χ1) is 8.70. The summed E-state index contributed by atoms with van der Waals surface area (Å²) in [5.74, 6) is 1.24. The number of alkyl halides is 1. The van der Waals surface area contributed by atoms with Crippen LogP contribution in [0.5, 0.6) is 0 Å². The highest BCUT2D eigenvalue weighted by atomic mass is 35.5. The second-order valence-electron chi connectivity index (χ2n) is 5.23. The van der Waals surface area contributed by atoms with Gasteiger partial charge in [-0.15, -0.1) is 11.6 Å². The number of carbonyl (C=O) groups is 2. The molecule has 1 saturated carbocycles. The quantitative estimate of drug-likeness (QED) is 0.772. The van der Waals surface area contributed by atoms with Crippen molar-refractivity contribution in [2.45, 2.75) is 44.6 Å². The predicted octanol–water partition coefficient (Wildman–Crippen LogP) is 1.52. The van der Waals surface area contributed by atoms with Crippen LogP contribution < -0.4 is 5.32 Å². The van der Waals surface area contributed by atoms with Gasteiger partial charge in [-0.3, -0.25) is 9.59 Å². The third-order valence-electron chi connectivity index (χ3n) is 3.64. The largest absolute Gasteiger partial charge is 0.353 e.